The lowest BCUT2D eigenvalue weighted by atomic mass is 9.78. The number of hydrogen-bond donors (Lipinski definition) is 5. The molecule has 4 aromatic rings. The fraction of sp³-hybridized carbons (Fsp3) is 0.442. The molecule has 6 rings (SSSR count). The third-order valence-electron chi connectivity index (χ3n) is 11.4. The molecular weight excluding hydrogens is 755 g/mol. The van der Waals surface area contributed by atoms with E-state index in [4.69, 9.17) is 23.4 Å². The lowest BCUT2D eigenvalue weighted by Gasteiger charge is -2.38. The van der Waals surface area contributed by atoms with Gasteiger partial charge >= 0.3 is 11.8 Å². The van der Waals surface area contributed by atoms with Crippen LogP contribution < -0.4 is 26.1 Å². The summed E-state index contributed by atoms with van der Waals surface area (Å²) < 4.78 is 44.3. The topological polar surface area (TPSA) is 207 Å². The van der Waals surface area contributed by atoms with Crippen molar-refractivity contribution < 1.29 is 53.0 Å². The molecule has 0 radical (unpaired) electrons. The summed E-state index contributed by atoms with van der Waals surface area (Å²) in [6, 6.07) is 1.71. The Bertz CT molecular complexity index is 2570. The molecule has 3 aromatic carbocycles. The Hall–Kier alpha value is -5.51. The Morgan fingerprint density at radius 3 is 2.38 bits per heavy atom. The van der Waals surface area contributed by atoms with Crippen LogP contribution in [0.2, 0.25) is 0 Å². The number of carbonyl (C=O) groups is 1. The second-order valence-corrected chi connectivity index (χ2v) is 15.6. The molecule has 0 spiro atoms. The van der Waals surface area contributed by atoms with Crippen LogP contribution in [0.5, 0.6) is 11.5 Å². The van der Waals surface area contributed by atoms with Gasteiger partial charge < -0.3 is 49.1 Å². The van der Waals surface area contributed by atoms with Crippen molar-refractivity contribution in [3.05, 3.63) is 85.3 Å². The largest absolute Gasteiger partial charge is 0.507 e. The van der Waals surface area contributed by atoms with Gasteiger partial charge in [-0.1, -0.05) is 51.5 Å². The molecule has 15 heteroatoms. The number of benzene rings is 3. The quantitative estimate of drug-likeness (QED) is 0.101. The lowest BCUT2D eigenvalue weighted by molar-refractivity contribution is -0.160. The van der Waals surface area contributed by atoms with E-state index in [0.717, 1.165) is 12.1 Å². The van der Waals surface area contributed by atoms with Gasteiger partial charge in [0, 0.05) is 74.3 Å². The number of phenols is 1. The van der Waals surface area contributed by atoms with Gasteiger partial charge in [0.05, 0.1) is 35.2 Å². The number of aliphatic hydroxyl groups is 3. The number of nitrogens with zero attached hydrogens (tertiary/aromatic N) is 1. The molecule has 5 N–H and O–H groups in total. The van der Waals surface area contributed by atoms with Gasteiger partial charge in [0.15, 0.2) is 22.4 Å². The van der Waals surface area contributed by atoms with Crippen molar-refractivity contribution in [2.75, 3.05) is 19.0 Å². The van der Waals surface area contributed by atoms with Crippen LogP contribution in [0, 0.1) is 36.4 Å². The van der Waals surface area contributed by atoms with Crippen molar-refractivity contribution in [2.45, 2.75) is 85.6 Å². The summed E-state index contributed by atoms with van der Waals surface area (Å²) in [7, 11) is 1.44. The smallest absolute Gasteiger partial charge is 0.307 e. The molecule has 9 atom stereocenters. The number of halogens is 1. The first kappa shape index (κ1) is 42.1. The molecule has 2 aliphatic rings. The number of methoxy groups -OCH3 is 1. The summed E-state index contributed by atoms with van der Waals surface area (Å²) in [5.41, 5.74) is -1.68. The van der Waals surface area contributed by atoms with Crippen molar-refractivity contribution in [1.82, 2.24) is 4.98 Å². The molecule has 0 amide bonds. The van der Waals surface area contributed by atoms with Crippen LogP contribution in [0.25, 0.3) is 38.7 Å². The molecule has 2 aliphatic heterocycles. The third kappa shape index (κ3) is 7.38. The first-order valence-corrected chi connectivity index (χ1v) is 19.0. The molecular formula is C43H49FN2O12. The number of ether oxygens (including phenoxy) is 4. The Balaban J connectivity index is 1.61. The molecule has 0 fully saturated rings. The molecule has 1 aromatic heterocycles. The van der Waals surface area contributed by atoms with E-state index in [1.807, 2.05) is 0 Å². The summed E-state index contributed by atoms with van der Waals surface area (Å²) in [5.74, 6) is -6.78. The molecule has 58 heavy (non-hydrogen) atoms. The monoisotopic (exact) mass is 804 g/mol. The molecule has 14 nitrogen and oxygen atoms in total. The normalized spacial score (nSPS) is 30.4. The minimum Gasteiger partial charge on any atom is -0.507 e. The number of aliphatic hydroxyl groups excluding tert-OH is 3. The minimum absolute atomic E-state index is 0.0424. The Labute approximate surface area is 332 Å². The molecule has 310 valence electrons. The summed E-state index contributed by atoms with van der Waals surface area (Å²) in [6.45, 7) is 13.0. The van der Waals surface area contributed by atoms with Gasteiger partial charge in [0.1, 0.15) is 34.6 Å². The van der Waals surface area contributed by atoms with Gasteiger partial charge in [-0.15, -0.1) is 0 Å². The van der Waals surface area contributed by atoms with Crippen molar-refractivity contribution in [3.8, 4) is 11.5 Å². The summed E-state index contributed by atoms with van der Waals surface area (Å²) in [5, 5.41) is 49.1. The van der Waals surface area contributed by atoms with Gasteiger partial charge in [-0.25, -0.2) is 9.37 Å². The van der Waals surface area contributed by atoms with Crippen LogP contribution in [0.3, 0.4) is 0 Å². The fourth-order valence-electron chi connectivity index (χ4n) is 7.92. The number of hydrogen-bond acceptors (Lipinski definition) is 14. The zero-order chi connectivity index (χ0) is 42.5. The van der Waals surface area contributed by atoms with Gasteiger partial charge in [0.2, 0.25) is 10.9 Å². The van der Waals surface area contributed by atoms with Crippen molar-refractivity contribution in [1.29, 1.82) is 0 Å². The highest BCUT2D eigenvalue weighted by Gasteiger charge is 2.44. The number of fused-ring (bicyclic) bond motifs is 2. The average Bonchev–Trinajstić information content (AvgIpc) is 3.44. The molecule has 0 saturated carbocycles. The Morgan fingerprint density at radius 1 is 1.00 bits per heavy atom. The lowest BCUT2D eigenvalue weighted by Crippen LogP contribution is -2.46. The van der Waals surface area contributed by atoms with E-state index < -0.39 is 88.0 Å². The molecule has 3 heterocycles. The summed E-state index contributed by atoms with van der Waals surface area (Å²) in [4.78, 5) is 44.4. The van der Waals surface area contributed by atoms with E-state index in [-0.39, 0.29) is 61.7 Å². The van der Waals surface area contributed by atoms with E-state index in [1.165, 1.54) is 40.2 Å². The van der Waals surface area contributed by atoms with Gasteiger partial charge in [0.25, 0.3) is 0 Å². The Kier molecular flexibility index (Phi) is 11.6. The number of nitrogens with one attached hydrogen (secondary N) is 1. The van der Waals surface area contributed by atoms with Crippen LogP contribution in [0.4, 0.5) is 10.1 Å². The molecule has 0 saturated heterocycles. The van der Waals surface area contributed by atoms with Crippen molar-refractivity contribution in [2.24, 2.45) is 23.7 Å². The maximum absolute atomic E-state index is 14.5. The SMILES string of the molecule is CO[C@H]1/C=C/O[C@@]2(C)Oc3c(C)c(O)c4c(=O)c(c5oc6cc(F)cc(=O)c6nc5c4c3=C2O)NC/C(C)=C\C=C\[C@H](C)[C@H](O)[C@@H](C)[C@@H](O)[C@@H](C)[C@H](OC(C)=O)[C@@H]1C. The average molecular weight is 805 g/mol. The minimum atomic E-state index is -1.96. The summed E-state index contributed by atoms with van der Waals surface area (Å²) in [6.07, 6.45) is 4.22. The number of aromatic nitrogens is 1. The zero-order valence-corrected chi connectivity index (χ0v) is 33.7. The van der Waals surface area contributed by atoms with Crippen molar-refractivity contribution >= 4 is 50.4 Å². The van der Waals surface area contributed by atoms with Crippen LogP contribution in [-0.4, -0.2) is 75.2 Å². The Morgan fingerprint density at radius 2 is 1.71 bits per heavy atom. The van der Waals surface area contributed by atoms with Crippen molar-refractivity contribution in [3.63, 3.8) is 0 Å². The highest BCUT2D eigenvalue weighted by Crippen LogP contribution is 2.42. The number of phenolic OH excluding ortho intramolecular Hbond substituents is 1. The maximum Gasteiger partial charge on any atom is 0.307 e. The standard InChI is InChI=1S/C43H49FN2O12/c1-18-11-10-12-19(2)35(49)21(4)36(50)22(5)39(56-24(7)47)20(3)27(54-9)13-14-55-43(8)42(53)31-29-30(37(51)23(6)40(31)58-43)38(52)34(45-17-18)41-33(29)46-32-26(48)15-25(44)16-28(32)57-41/h10-16,19-22,27,35-36,39,45,49-51,53H,17H2,1-9H3/b12-10+,14-13+,18-11-/t19-,20+,21+,22+,27-,35-,36+,39+,43-/m0/s1. The number of rotatable bonds is 2. The van der Waals surface area contributed by atoms with Crippen LogP contribution in [0.15, 0.2) is 62.3 Å². The van der Waals surface area contributed by atoms with Crippen LogP contribution >= 0.6 is 0 Å². The number of esters is 1. The molecule has 0 aliphatic carbocycles. The predicted molar refractivity (Wildman–Crippen MR) is 215 cm³/mol. The van der Waals surface area contributed by atoms with E-state index in [9.17, 15) is 39.2 Å². The third-order valence-corrected chi connectivity index (χ3v) is 11.4. The predicted octanol–water partition coefficient (Wildman–Crippen LogP) is 5.17. The number of allylic oxidation sites excluding steroid dienone is 2. The highest BCUT2D eigenvalue weighted by molar-refractivity contribution is 6.13. The fourth-order valence-corrected chi connectivity index (χ4v) is 7.92. The molecule has 0 unspecified atom stereocenters. The number of carbonyl (C=O) groups excluding carboxylic acids is 1. The second kappa shape index (κ2) is 16.0. The van der Waals surface area contributed by atoms with E-state index >= 15 is 0 Å². The number of anilines is 1. The summed E-state index contributed by atoms with van der Waals surface area (Å²) >= 11 is 0. The van der Waals surface area contributed by atoms with E-state index in [2.05, 4.69) is 10.3 Å². The van der Waals surface area contributed by atoms with E-state index in [1.54, 1.807) is 52.8 Å². The van der Waals surface area contributed by atoms with Gasteiger partial charge in [-0.05, 0) is 19.9 Å². The number of aromatic hydroxyl groups is 1. The first-order valence-electron chi connectivity index (χ1n) is 19.0. The highest BCUT2D eigenvalue weighted by atomic mass is 19.1. The van der Waals surface area contributed by atoms with Crippen LogP contribution in [0.1, 0.15) is 54.0 Å². The second-order valence-electron chi connectivity index (χ2n) is 15.6. The van der Waals surface area contributed by atoms with Gasteiger partial charge in [-0.2, -0.15) is 0 Å². The van der Waals surface area contributed by atoms with Crippen LogP contribution in [-0.2, 0) is 19.0 Å². The maximum atomic E-state index is 14.5. The molecule has 4 bridgehead atoms. The van der Waals surface area contributed by atoms with Gasteiger partial charge in [-0.3, -0.25) is 14.4 Å². The zero-order valence-electron chi connectivity index (χ0n) is 33.7. The van der Waals surface area contributed by atoms with E-state index in [0.29, 0.717) is 5.57 Å². The first-order chi connectivity index (χ1) is 27.3.